The number of aryl methyl sites for hydroxylation is 2. The van der Waals surface area contributed by atoms with Gasteiger partial charge in [-0.3, -0.25) is 9.59 Å². The van der Waals surface area contributed by atoms with Gasteiger partial charge in [0.2, 0.25) is 5.91 Å². The maximum Gasteiger partial charge on any atom is 0.261 e. The van der Waals surface area contributed by atoms with Crippen molar-refractivity contribution in [3.8, 4) is 0 Å². The molecule has 2 bridgehead atoms. The minimum Gasteiger partial charge on any atom is -0.361 e. The molecule has 4 rings (SSSR count). The standard InChI is InChI=1S/C18H21N3O3S/c1-10-13(11(2)24-20-10)8-17(22)21-9-12-6-14(15(21)7-12)19-18(23)16-4-3-5-25-16/h3-5,12,14-15H,6-9H2,1-2H3,(H,19,23). The zero-order valence-electron chi connectivity index (χ0n) is 14.3. The summed E-state index contributed by atoms with van der Waals surface area (Å²) in [7, 11) is 0. The number of nitrogens with one attached hydrogen (secondary N) is 1. The zero-order chi connectivity index (χ0) is 17.6. The molecular weight excluding hydrogens is 338 g/mol. The lowest BCUT2D eigenvalue weighted by atomic mass is 10.0. The Balaban J connectivity index is 1.44. The summed E-state index contributed by atoms with van der Waals surface area (Å²) in [6.07, 6.45) is 2.25. The summed E-state index contributed by atoms with van der Waals surface area (Å²) in [5.41, 5.74) is 1.66. The van der Waals surface area contributed by atoms with Gasteiger partial charge in [-0.15, -0.1) is 11.3 Å². The molecule has 1 N–H and O–H groups in total. The van der Waals surface area contributed by atoms with Crippen molar-refractivity contribution in [1.29, 1.82) is 0 Å². The van der Waals surface area contributed by atoms with Gasteiger partial charge in [0.15, 0.2) is 0 Å². The summed E-state index contributed by atoms with van der Waals surface area (Å²) >= 11 is 1.44. The largest absolute Gasteiger partial charge is 0.361 e. The van der Waals surface area contributed by atoms with Crippen LogP contribution in [0.2, 0.25) is 0 Å². The van der Waals surface area contributed by atoms with E-state index in [0.717, 1.165) is 35.5 Å². The number of rotatable bonds is 4. The Bertz CT molecular complexity index is 779. The third kappa shape index (κ3) is 2.97. The second kappa shape index (κ2) is 6.29. The first kappa shape index (κ1) is 16.3. The van der Waals surface area contributed by atoms with Crippen LogP contribution in [0.15, 0.2) is 22.0 Å². The molecule has 3 unspecified atom stereocenters. The van der Waals surface area contributed by atoms with E-state index in [0.29, 0.717) is 18.1 Å². The quantitative estimate of drug-likeness (QED) is 0.909. The summed E-state index contributed by atoms with van der Waals surface area (Å²) in [6, 6.07) is 3.84. The van der Waals surface area contributed by atoms with E-state index < -0.39 is 0 Å². The van der Waals surface area contributed by atoms with Crippen LogP contribution >= 0.6 is 11.3 Å². The number of thiophene rings is 1. The fourth-order valence-corrected chi connectivity index (χ4v) is 4.75. The van der Waals surface area contributed by atoms with Crippen LogP contribution in [0.4, 0.5) is 0 Å². The van der Waals surface area contributed by atoms with E-state index in [9.17, 15) is 9.59 Å². The second-order valence-corrected chi connectivity index (χ2v) is 7.94. The Labute approximate surface area is 150 Å². The van der Waals surface area contributed by atoms with Crippen LogP contribution in [0.1, 0.15) is 39.5 Å². The fraction of sp³-hybridized carbons (Fsp3) is 0.500. The van der Waals surface area contributed by atoms with Gasteiger partial charge >= 0.3 is 0 Å². The molecule has 3 heterocycles. The summed E-state index contributed by atoms with van der Waals surface area (Å²) in [5, 5.41) is 8.95. The van der Waals surface area contributed by atoms with Crippen LogP contribution in [-0.4, -0.2) is 40.5 Å². The SMILES string of the molecule is Cc1noc(C)c1CC(=O)N1CC2CC(NC(=O)c3cccs3)C1C2. The molecule has 3 atom stereocenters. The molecule has 1 saturated heterocycles. The third-order valence-corrected chi connectivity index (χ3v) is 6.24. The number of hydrogen-bond donors (Lipinski definition) is 1. The van der Waals surface area contributed by atoms with Gasteiger partial charge in [0.1, 0.15) is 5.76 Å². The van der Waals surface area contributed by atoms with Crippen LogP contribution in [0, 0.1) is 19.8 Å². The molecule has 2 aromatic rings. The smallest absolute Gasteiger partial charge is 0.261 e. The van der Waals surface area contributed by atoms with E-state index in [1.165, 1.54) is 11.3 Å². The topological polar surface area (TPSA) is 75.4 Å². The molecule has 2 aliphatic rings. The predicted molar refractivity (Wildman–Crippen MR) is 93.5 cm³/mol. The molecular formula is C18H21N3O3S. The first-order chi connectivity index (χ1) is 12.0. The van der Waals surface area contributed by atoms with E-state index >= 15 is 0 Å². The van der Waals surface area contributed by atoms with Crippen molar-refractivity contribution in [2.75, 3.05) is 6.54 Å². The Morgan fingerprint density at radius 1 is 1.40 bits per heavy atom. The number of piperidine rings is 1. The number of carbonyl (C=O) groups is 2. The summed E-state index contributed by atoms with van der Waals surface area (Å²) < 4.78 is 5.16. The van der Waals surface area contributed by atoms with Crippen LogP contribution in [0.5, 0.6) is 0 Å². The lowest BCUT2D eigenvalue weighted by molar-refractivity contribution is -0.132. The maximum absolute atomic E-state index is 12.8. The average molecular weight is 359 g/mol. The van der Waals surface area contributed by atoms with E-state index in [1.807, 2.05) is 36.3 Å². The minimum atomic E-state index is -0.0364. The van der Waals surface area contributed by atoms with Crippen LogP contribution < -0.4 is 5.32 Å². The first-order valence-electron chi connectivity index (χ1n) is 8.58. The van der Waals surface area contributed by atoms with Gasteiger partial charge in [0, 0.05) is 18.2 Å². The molecule has 2 aromatic heterocycles. The predicted octanol–water partition coefficient (Wildman–Crippen LogP) is 2.31. The molecule has 1 aliphatic carbocycles. The Morgan fingerprint density at radius 3 is 2.88 bits per heavy atom. The summed E-state index contributed by atoms with van der Waals surface area (Å²) in [6.45, 7) is 4.49. The highest BCUT2D eigenvalue weighted by molar-refractivity contribution is 7.12. The minimum absolute atomic E-state index is 0.0364. The van der Waals surface area contributed by atoms with Crippen molar-refractivity contribution in [2.24, 2.45) is 5.92 Å². The molecule has 7 heteroatoms. The molecule has 132 valence electrons. The van der Waals surface area contributed by atoms with Gasteiger partial charge < -0.3 is 14.7 Å². The third-order valence-electron chi connectivity index (χ3n) is 5.37. The van der Waals surface area contributed by atoms with E-state index in [-0.39, 0.29) is 23.9 Å². The van der Waals surface area contributed by atoms with Gasteiger partial charge in [-0.1, -0.05) is 11.2 Å². The first-order valence-corrected chi connectivity index (χ1v) is 9.46. The Kier molecular flexibility index (Phi) is 4.11. The highest BCUT2D eigenvalue weighted by Crippen LogP contribution is 2.38. The van der Waals surface area contributed by atoms with Crippen LogP contribution in [0.3, 0.4) is 0 Å². The molecule has 1 aliphatic heterocycles. The normalized spacial score (nSPS) is 24.7. The molecule has 0 spiro atoms. The molecule has 2 amide bonds. The van der Waals surface area contributed by atoms with Crippen LogP contribution in [0.25, 0.3) is 0 Å². The lowest BCUT2D eigenvalue weighted by Crippen LogP contribution is -2.52. The molecule has 0 radical (unpaired) electrons. The summed E-state index contributed by atoms with van der Waals surface area (Å²) in [4.78, 5) is 27.8. The molecule has 25 heavy (non-hydrogen) atoms. The molecule has 2 fully saturated rings. The van der Waals surface area contributed by atoms with Gasteiger partial charge in [-0.25, -0.2) is 0 Å². The van der Waals surface area contributed by atoms with E-state index in [2.05, 4.69) is 10.5 Å². The Morgan fingerprint density at radius 2 is 2.24 bits per heavy atom. The van der Waals surface area contributed by atoms with Crippen molar-refractivity contribution in [1.82, 2.24) is 15.4 Å². The zero-order valence-corrected chi connectivity index (χ0v) is 15.1. The highest BCUT2D eigenvalue weighted by Gasteiger charge is 2.47. The van der Waals surface area contributed by atoms with Gasteiger partial charge in [0.25, 0.3) is 5.91 Å². The number of amides is 2. The molecule has 6 nitrogen and oxygen atoms in total. The van der Waals surface area contributed by atoms with Crippen molar-refractivity contribution in [3.63, 3.8) is 0 Å². The van der Waals surface area contributed by atoms with Crippen molar-refractivity contribution in [2.45, 2.75) is 45.2 Å². The summed E-state index contributed by atoms with van der Waals surface area (Å²) in [5.74, 6) is 1.24. The van der Waals surface area contributed by atoms with Crippen molar-refractivity contribution < 1.29 is 14.1 Å². The van der Waals surface area contributed by atoms with Gasteiger partial charge in [-0.05, 0) is 44.1 Å². The van der Waals surface area contributed by atoms with E-state index in [4.69, 9.17) is 4.52 Å². The number of carbonyl (C=O) groups excluding carboxylic acids is 2. The number of nitrogens with zero attached hydrogens (tertiary/aromatic N) is 2. The molecule has 0 aromatic carbocycles. The highest BCUT2D eigenvalue weighted by atomic mass is 32.1. The monoisotopic (exact) mass is 359 g/mol. The van der Waals surface area contributed by atoms with Gasteiger partial charge in [0.05, 0.1) is 23.0 Å². The fourth-order valence-electron chi connectivity index (χ4n) is 4.12. The number of aromatic nitrogens is 1. The number of likely N-dealkylation sites (tertiary alicyclic amines) is 1. The van der Waals surface area contributed by atoms with Crippen LogP contribution in [-0.2, 0) is 11.2 Å². The maximum atomic E-state index is 12.8. The van der Waals surface area contributed by atoms with Gasteiger partial charge in [-0.2, -0.15) is 0 Å². The average Bonchev–Trinajstić information content (AvgIpc) is 3.35. The van der Waals surface area contributed by atoms with Crippen molar-refractivity contribution in [3.05, 3.63) is 39.4 Å². The second-order valence-electron chi connectivity index (χ2n) is 6.99. The lowest BCUT2D eigenvalue weighted by Gasteiger charge is -2.33. The Hall–Kier alpha value is -2.15. The van der Waals surface area contributed by atoms with Crippen molar-refractivity contribution >= 4 is 23.2 Å². The number of hydrogen-bond acceptors (Lipinski definition) is 5. The molecule has 1 saturated carbocycles. The number of fused-ring (bicyclic) bond motifs is 2. The van der Waals surface area contributed by atoms with E-state index in [1.54, 1.807) is 0 Å².